The third-order valence-electron chi connectivity index (χ3n) is 3.60. The van der Waals surface area contributed by atoms with Crippen LogP contribution >= 0.6 is 0 Å². The van der Waals surface area contributed by atoms with Crippen LogP contribution < -0.4 is 0 Å². The normalized spacial score (nSPS) is 24.9. The second-order valence-corrected chi connectivity index (χ2v) is 5.52. The predicted molar refractivity (Wildman–Crippen MR) is 70.9 cm³/mol. The molecular weight excluding hydrogens is 248 g/mol. The fourth-order valence-corrected chi connectivity index (χ4v) is 2.30. The molecule has 0 saturated carbocycles. The molecule has 0 aromatic carbocycles. The Morgan fingerprint density at radius 2 is 2.11 bits per heavy atom. The highest BCUT2D eigenvalue weighted by Crippen LogP contribution is 2.23. The molecule has 1 aliphatic heterocycles. The van der Waals surface area contributed by atoms with E-state index in [2.05, 4.69) is 0 Å². The summed E-state index contributed by atoms with van der Waals surface area (Å²) in [5.41, 5.74) is 0. The van der Waals surface area contributed by atoms with E-state index in [9.17, 15) is 19.8 Å². The summed E-state index contributed by atoms with van der Waals surface area (Å²) in [6, 6.07) is -0.995. The number of nitrogens with zero attached hydrogens (tertiary/aromatic N) is 2. The summed E-state index contributed by atoms with van der Waals surface area (Å²) in [6.45, 7) is 4.58. The second-order valence-electron chi connectivity index (χ2n) is 5.52. The number of amides is 2. The molecule has 19 heavy (non-hydrogen) atoms. The minimum atomic E-state index is -0.941. The molecule has 1 saturated heterocycles. The Morgan fingerprint density at radius 3 is 2.63 bits per heavy atom. The Morgan fingerprint density at radius 1 is 1.47 bits per heavy atom. The largest absolute Gasteiger partial charge is 0.480 e. The van der Waals surface area contributed by atoms with Crippen LogP contribution in [0.2, 0.25) is 0 Å². The van der Waals surface area contributed by atoms with Crippen LogP contribution in [-0.4, -0.2) is 64.3 Å². The number of rotatable bonds is 4. The van der Waals surface area contributed by atoms with Gasteiger partial charge in [-0.25, -0.2) is 9.59 Å². The molecule has 6 heteroatoms. The van der Waals surface area contributed by atoms with E-state index >= 15 is 0 Å². The molecule has 0 bridgehead atoms. The Balaban J connectivity index is 2.65. The van der Waals surface area contributed by atoms with Gasteiger partial charge in [-0.2, -0.15) is 0 Å². The number of carbonyl (C=O) groups is 2. The van der Waals surface area contributed by atoms with E-state index in [0.29, 0.717) is 31.8 Å². The molecule has 0 aromatic heterocycles. The number of piperidine rings is 1. The molecule has 1 rings (SSSR count). The van der Waals surface area contributed by atoms with Crippen molar-refractivity contribution in [1.82, 2.24) is 9.80 Å². The lowest BCUT2D eigenvalue weighted by Gasteiger charge is -2.38. The maximum Gasteiger partial charge on any atom is 0.326 e. The molecule has 1 heterocycles. The Bertz CT molecular complexity index is 333. The second kappa shape index (κ2) is 6.75. The third-order valence-corrected chi connectivity index (χ3v) is 3.60. The van der Waals surface area contributed by atoms with Gasteiger partial charge in [0, 0.05) is 20.1 Å². The third kappa shape index (κ3) is 4.38. The highest BCUT2D eigenvalue weighted by atomic mass is 16.4. The monoisotopic (exact) mass is 272 g/mol. The topological polar surface area (TPSA) is 81.1 Å². The van der Waals surface area contributed by atoms with Gasteiger partial charge in [0.15, 0.2) is 0 Å². The number of carboxylic acid groups (broad SMARTS) is 1. The van der Waals surface area contributed by atoms with Crippen LogP contribution in [0.4, 0.5) is 4.79 Å². The van der Waals surface area contributed by atoms with Gasteiger partial charge in [0.2, 0.25) is 0 Å². The summed E-state index contributed by atoms with van der Waals surface area (Å²) >= 11 is 0. The fourth-order valence-electron chi connectivity index (χ4n) is 2.30. The van der Waals surface area contributed by atoms with Crippen molar-refractivity contribution < 1.29 is 19.8 Å². The number of carboxylic acids is 1. The lowest BCUT2D eigenvalue weighted by atomic mass is 9.92. The zero-order valence-electron chi connectivity index (χ0n) is 11.9. The minimum Gasteiger partial charge on any atom is -0.480 e. The van der Waals surface area contributed by atoms with E-state index in [1.165, 1.54) is 9.80 Å². The van der Waals surface area contributed by atoms with E-state index in [0.717, 1.165) is 6.42 Å². The maximum absolute atomic E-state index is 12.2. The van der Waals surface area contributed by atoms with Crippen LogP contribution in [0, 0.1) is 5.92 Å². The average Bonchev–Trinajstić information content (AvgIpc) is 2.34. The number of aliphatic hydroxyl groups excluding tert-OH is 1. The smallest absolute Gasteiger partial charge is 0.326 e. The lowest BCUT2D eigenvalue weighted by Crippen LogP contribution is -2.53. The number of carbonyl (C=O) groups excluding carboxylic acids is 1. The molecule has 0 aliphatic carbocycles. The van der Waals surface area contributed by atoms with Gasteiger partial charge >= 0.3 is 12.0 Å². The van der Waals surface area contributed by atoms with Crippen LogP contribution in [0.25, 0.3) is 0 Å². The molecule has 0 radical (unpaired) electrons. The Kier molecular flexibility index (Phi) is 5.60. The van der Waals surface area contributed by atoms with Crippen LogP contribution in [0.15, 0.2) is 0 Å². The molecule has 2 amide bonds. The van der Waals surface area contributed by atoms with Gasteiger partial charge in [0.25, 0.3) is 0 Å². The summed E-state index contributed by atoms with van der Waals surface area (Å²) < 4.78 is 0. The van der Waals surface area contributed by atoms with Gasteiger partial charge in [-0.05, 0) is 32.1 Å². The molecule has 3 unspecified atom stereocenters. The molecule has 6 nitrogen and oxygen atoms in total. The van der Waals surface area contributed by atoms with E-state index in [-0.39, 0.29) is 6.03 Å². The molecular formula is C13H24N2O4. The number of likely N-dealkylation sites (tertiary alicyclic amines) is 1. The van der Waals surface area contributed by atoms with Crippen molar-refractivity contribution in [3.05, 3.63) is 0 Å². The first-order valence-corrected chi connectivity index (χ1v) is 6.75. The summed E-state index contributed by atoms with van der Waals surface area (Å²) in [5, 5.41) is 18.4. The summed E-state index contributed by atoms with van der Waals surface area (Å²) in [4.78, 5) is 26.4. The van der Waals surface area contributed by atoms with Gasteiger partial charge in [-0.3, -0.25) is 0 Å². The van der Waals surface area contributed by atoms with E-state index in [1.807, 2.05) is 6.92 Å². The minimum absolute atomic E-state index is 0.264. The first kappa shape index (κ1) is 15.8. The van der Waals surface area contributed by atoms with Crippen LogP contribution in [0.3, 0.4) is 0 Å². The highest BCUT2D eigenvalue weighted by Gasteiger charge is 2.35. The number of aliphatic hydroxyl groups is 1. The number of urea groups is 1. The quantitative estimate of drug-likeness (QED) is 0.800. The molecule has 1 fully saturated rings. The van der Waals surface area contributed by atoms with Crippen molar-refractivity contribution in [2.75, 3.05) is 20.1 Å². The van der Waals surface area contributed by atoms with Gasteiger partial charge in [0.1, 0.15) is 6.04 Å². The van der Waals surface area contributed by atoms with Gasteiger partial charge in [-0.1, -0.05) is 6.92 Å². The standard InChI is InChI=1S/C13H24N2O4/c1-9-4-7-15(11(8-9)12(17)18)13(19)14(3)6-5-10(2)16/h9-11,16H,4-8H2,1-3H3,(H,17,18). The summed E-state index contributed by atoms with van der Waals surface area (Å²) in [5.74, 6) is -0.614. The van der Waals surface area contributed by atoms with E-state index < -0.39 is 18.1 Å². The SMILES string of the molecule is CC(O)CCN(C)C(=O)N1CCC(C)CC1C(=O)O. The molecule has 0 aromatic rings. The van der Waals surface area contributed by atoms with E-state index in [1.54, 1.807) is 14.0 Å². The number of aliphatic carboxylic acids is 1. The van der Waals surface area contributed by atoms with Crippen LogP contribution in [0.1, 0.15) is 33.1 Å². The Hall–Kier alpha value is -1.30. The van der Waals surface area contributed by atoms with Crippen molar-refractivity contribution in [3.8, 4) is 0 Å². The molecule has 110 valence electrons. The van der Waals surface area contributed by atoms with Gasteiger partial charge in [-0.15, -0.1) is 0 Å². The average molecular weight is 272 g/mol. The predicted octanol–water partition coefficient (Wildman–Crippen LogP) is 0.994. The van der Waals surface area contributed by atoms with Crippen LogP contribution in [-0.2, 0) is 4.79 Å². The van der Waals surface area contributed by atoms with E-state index in [4.69, 9.17) is 0 Å². The summed E-state index contributed by atoms with van der Waals surface area (Å²) in [7, 11) is 1.64. The zero-order chi connectivity index (χ0) is 14.6. The lowest BCUT2D eigenvalue weighted by molar-refractivity contribution is -0.144. The van der Waals surface area contributed by atoms with Crippen molar-refractivity contribution in [2.45, 2.75) is 45.3 Å². The van der Waals surface area contributed by atoms with Crippen molar-refractivity contribution >= 4 is 12.0 Å². The maximum atomic E-state index is 12.2. The van der Waals surface area contributed by atoms with Crippen molar-refractivity contribution in [2.24, 2.45) is 5.92 Å². The first-order valence-electron chi connectivity index (χ1n) is 6.75. The highest BCUT2D eigenvalue weighted by molar-refractivity contribution is 5.82. The van der Waals surface area contributed by atoms with Crippen molar-refractivity contribution in [1.29, 1.82) is 0 Å². The zero-order valence-corrected chi connectivity index (χ0v) is 11.9. The van der Waals surface area contributed by atoms with Crippen LogP contribution in [0.5, 0.6) is 0 Å². The first-order chi connectivity index (χ1) is 8.82. The summed E-state index contributed by atoms with van der Waals surface area (Å²) in [6.07, 6.45) is 1.36. The van der Waals surface area contributed by atoms with Crippen molar-refractivity contribution in [3.63, 3.8) is 0 Å². The van der Waals surface area contributed by atoms with Gasteiger partial charge < -0.3 is 20.0 Å². The molecule has 0 spiro atoms. The Labute approximate surface area is 114 Å². The molecule has 3 atom stereocenters. The van der Waals surface area contributed by atoms with Gasteiger partial charge in [0.05, 0.1) is 6.10 Å². The number of hydrogen-bond acceptors (Lipinski definition) is 3. The number of hydrogen-bond donors (Lipinski definition) is 2. The fraction of sp³-hybridized carbons (Fsp3) is 0.846. The molecule has 2 N–H and O–H groups in total. The molecule has 1 aliphatic rings.